The van der Waals surface area contributed by atoms with Gasteiger partial charge in [-0.05, 0) is 43.2 Å². The number of carbonyl (C=O) groups is 2. The van der Waals surface area contributed by atoms with E-state index in [0.29, 0.717) is 36.7 Å². The van der Waals surface area contributed by atoms with E-state index in [2.05, 4.69) is 5.32 Å². The van der Waals surface area contributed by atoms with E-state index in [9.17, 15) is 14.7 Å². The molecule has 1 aromatic carbocycles. The molecule has 0 bridgehead atoms. The summed E-state index contributed by atoms with van der Waals surface area (Å²) in [5.41, 5.74) is 0.150. The zero-order valence-corrected chi connectivity index (χ0v) is 13.6. The zero-order chi connectivity index (χ0) is 17.1. The number of furan rings is 1. The van der Waals surface area contributed by atoms with Crippen LogP contribution in [-0.2, 0) is 0 Å². The van der Waals surface area contributed by atoms with Crippen molar-refractivity contribution in [2.75, 3.05) is 13.1 Å². The van der Waals surface area contributed by atoms with E-state index in [1.54, 1.807) is 17.0 Å². The number of phenols is 1. The Balaban J connectivity index is 1.56. The number of carbonyl (C=O) groups excluding carboxylic acids is 2. The molecule has 1 aliphatic rings. The monoisotopic (exact) mass is 348 g/mol. The van der Waals surface area contributed by atoms with Gasteiger partial charge in [0, 0.05) is 24.2 Å². The summed E-state index contributed by atoms with van der Waals surface area (Å²) in [4.78, 5) is 26.2. The van der Waals surface area contributed by atoms with Gasteiger partial charge in [0.25, 0.3) is 11.8 Å². The number of nitrogens with one attached hydrogen (secondary N) is 1. The summed E-state index contributed by atoms with van der Waals surface area (Å²) in [6.07, 6.45) is 2.75. The van der Waals surface area contributed by atoms with Crippen molar-refractivity contribution in [3.63, 3.8) is 0 Å². The fourth-order valence-electron chi connectivity index (χ4n) is 2.74. The number of likely N-dealkylation sites (tertiary alicyclic amines) is 1. The average molecular weight is 349 g/mol. The quantitative estimate of drug-likeness (QED) is 0.893. The van der Waals surface area contributed by atoms with Crippen LogP contribution >= 0.6 is 11.6 Å². The summed E-state index contributed by atoms with van der Waals surface area (Å²) >= 11 is 5.86. The van der Waals surface area contributed by atoms with Gasteiger partial charge in [0.2, 0.25) is 0 Å². The molecular weight excluding hydrogens is 332 g/mol. The summed E-state index contributed by atoms with van der Waals surface area (Å²) in [6.45, 7) is 1.07. The van der Waals surface area contributed by atoms with Gasteiger partial charge in [-0.15, -0.1) is 0 Å². The largest absolute Gasteiger partial charge is 0.507 e. The topological polar surface area (TPSA) is 82.8 Å². The number of hydrogen-bond acceptors (Lipinski definition) is 4. The van der Waals surface area contributed by atoms with Gasteiger partial charge < -0.3 is 19.7 Å². The van der Waals surface area contributed by atoms with E-state index in [0.717, 1.165) is 0 Å². The number of rotatable bonds is 3. The highest BCUT2D eigenvalue weighted by Crippen LogP contribution is 2.22. The Morgan fingerprint density at radius 3 is 2.67 bits per heavy atom. The Labute approximate surface area is 144 Å². The SMILES string of the molecule is O=C(NC1CCN(C(=O)c2ccco2)CC1)c1cc(Cl)ccc1O. The molecule has 1 aromatic heterocycles. The fraction of sp³-hybridized carbons (Fsp3) is 0.294. The molecular formula is C17H17ClN2O4. The van der Waals surface area contributed by atoms with Gasteiger partial charge in [0.15, 0.2) is 5.76 Å². The van der Waals surface area contributed by atoms with Gasteiger partial charge in [0.05, 0.1) is 11.8 Å². The predicted octanol–water partition coefficient (Wildman–Crippen LogP) is 2.67. The first-order valence-electron chi connectivity index (χ1n) is 7.67. The second-order valence-electron chi connectivity index (χ2n) is 5.68. The first-order valence-corrected chi connectivity index (χ1v) is 8.04. The number of phenolic OH excluding ortho intramolecular Hbond substituents is 1. The summed E-state index contributed by atoms with van der Waals surface area (Å²) in [5, 5.41) is 13.0. The molecule has 0 aliphatic carbocycles. The number of aromatic hydroxyl groups is 1. The Hall–Kier alpha value is -2.47. The van der Waals surface area contributed by atoms with Crippen molar-refractivity contribution in [3.8, 4) is 5.75 Å². The molecule has 0 spiro atoms. The number of piperidine rings is 1. The van der Waals surface area contributed by atoms with Crippen molar-refractivity contribution in [3.05, 3.63) is 52.9 Å². The number of benzene rings is 1. The third-order valence-electron chi connectivity index (χ3n) is 4.05. The van der Waals surface area contributed by atoms with E-state index < -0.39 is 0 Å². The minimum absolute atomic E-state index is 0.0588. The highest BCUT2D eigenvalue weighted by molar-refractivity contribution is 6.31. The summed E-state index contributed by atoms with van der Waals surface area (Å²) in [5.74, 6) is -0.299. The lowest BCUT2D eigenvalue weighted by molar-refractivity contribution is 0.0667. The molecule has 1 fully saturated rings. The zero-order valence-electron chi connectivity index (χ0n) is 12.9. The summed E-state index contributed by atoms with van der Waals surface area (Å²) < 4.78 is 5.12. The van der Waals surface area contributed by atoms with Crippen molar-refractivity contribution >= 4 is 23.4 Å². The van der Waals surface area contributed by atoms with Gasteiger partial charge in [-0.25, -0.2) is 0 Å². The molecule has 2 amide bonds. The van der Waals surface area contributed by atoms with Crippen LogP contribution in [0.4, 0.5) is 0 Å². The Morgan fingerprint density at radius 2 is 2.00 bits per heavy atom. The van der Waals surface area contributed by atoms with Crippen LogP contribution in [0.2, 0.25) is 5.02 Å². The maximum absolute atomic E-state index is 12.3. The molecule has 0 atom stereocenters. The fourth-order valence-corrected chi connectivity index (χ4v) is 2.91. The number of hydrogen-bond donors (Lipinski definition) is 2. The Kier molecular flexibility index (Phi) is 4.76. The van der Waals surface area contributed by atoms with Gasteiger partial charge >= 0.3 is 0 Å². The minimum atomic E-state index is -0.370. The molecule has 3 rings (SSSR count). The van der Waals surface area contributed by atoms with Crippen LogP contribution in [0.5, 0.6) is 5.75 Å². The first kappa shape index (κ1) is 16.4. The van der Waals surface area contributed by atoms with Crippen LogP contribution in [0.15, 0.2) is 41.0 Å². The van der Waals surface area contributed by atoms with Gasteiger partial charge in [0.1, 0.15) is 5.75 Å². The predicted molar refractivity (Wildman–Crippen MR) is 88.2 cm³/mol. The maximum Gasteiger partial charge on any atom is 0.289 e. The minimum Gasteiger partial charge on any atom is -0.507 e. The lowest BCUT2D eigenvalue weighted by Crippen LogP contribution is -2.46. The normalized spacial score (nSPS) is 15.3. The molecule has 7 heteroatoms. The standard InChI is InChI=1S/C17H17ClN2O4/c18-11-3-4-14(21)13(10-11)16(22)19-12-5-7-20(8-6-12)17(23)15-2-1-9-24-15/h1-4,9-10,12,21H,5-8H2,(H,19,22). The van der Waals surface area contributed by atoms with Crippen LogP contribution in [0.1, 0.15) is 33.8 Å². The number of halogens is 1. The molecule has 6 nitrogen and oxygen atoms in total. The van der Waals surface area contributed by atoms with Crippen molar-refractivity contribution < 1.29 is 19.1 Å². The molecule has 1 saturated heterocycles. The van der Waals surface area contributed by atoms with Crippen molar-refractivity contribution in [2.45, 2.75) is 18.9 Å². The Bertz CT molecular complexity index is 737. The van der Waals surface area contributed by atoms with E-state index in [1.165, 1.54) is 24.5 Å². The smallest absolute Gasteiger partial charge is 0.289 e. The molecule has 2 aromatic rings. The molecule has 0 unspecified atom stereocenters. The van der Waals surface area contributed by atoms with Crippen LogP contribution in [0.25, 0.3) is 0 Å². The first-order chi connectivity index (χ1) is 11.5. The van der Waals surface area contributed by atoms with Gasteiger partial charge in [-0.1, -0.05) is 11.6 Å². The molecule has 2 N–H and O–H groups in total. The highest BCUT2D eigenvalue weighted by Gasteiger charge is 2.26. The third-order valence-corrected chi connectivity index (χ3v) is 4.29. The third kappa shape index (κ3) is 3.54. The number of amides is 2. The molecule has 0 radical (unpaired) electrons. The molecule has 24 heavy (non-hydrogen) atoms. The van der Waals surface area contributed by atoms with Gasteiger partial charge in [-0.3, -0.25) is 9.59 Å². The summed E-state index contributed by atoms with van der Waals surface area (Å²) in [7, 11) is 0. The van der Waals surface area contributed by atoms with Crippen molar-refractivity contribution in [1.29, 1.82) is 0 Å². The average Bonchev–Trinajstić information content (AvgIpc) is 3.11. The van der Waals surface area contributed by atoms with E-state index >= 15 is 0 Å². The second-order valence-corrected chi connectivity index (χ2v) is 6.12. The van der Waals surface area contributed by atoms with Crippen LogP contribution in [0.3, 0.4) is 0 Å². The van der Waals surface area contributed by atoms with Crippen LogP contribution in [-0.4, -0.2) is 41.0 Å². The Morgan fingerprint density at radius 1 is 1.25 bits per heavy atom. The molecule has 1 aliphatic heterocycles. The second kappa shape index (κ2) is 6.97. The van der Waals surface area contributed by atoms with E-state index in [-0.39, 0.29) is 29.2 Å². The van der Waals surface area contributed by atoms with E-state index in [4.69, 9.17) is 16.0 Å². The highest BCUT2D eigenvalue weighted by atomic mass is 35.5. The molecule has 0 saturated carbocycles. The van der Waals surface area contributed by atoms with Crippen LogP contribution in [0, 0.1) is 0 Å². The molecule has 2 heterocycles. The molecule has 126 valence electrons. The van der Waals surface area contributed by atoms with Crippen LogP contribution < -0.4 is 5.32 Å². The van der Waals surface area contributed by atoms with Crippen molar-refractivity contribution in [2.24, 2.45) is 0 Å². The van der Waals surface area contributed by atoms with Crippen molar-refractivity contribution in [1.82, 2.24) is 10.2 Å². The number of nitrogens with zero attached hydrogens (tertiary/aromatic N) is 1. The lowest BCUT2D eigenvalue weighted by atomic mass is 10.0. The summed E-state index contributed by atoms with van der Waals surface area (Å²) in [6, 6.07) is 7.60. The maximum atomic E-state index is 12.3. The lowest BCUT2D eigenvalue weighted by Gasteiger charge is -2.31. The van der Waals surface area contributed by atoms with E-state index in [1.807, 2.05) is 0 Å². The van der Waals surface area contributed by atoms with Gasteiger partial charge in [-0.2, -0.15) is 0 Å².